The minimum absolute atomic E-state index is 0.130. The highest BCUT2D eigenvalue weighted by Gasteiger charge is 2.20. The first-order chi connectivity index (χ1) is 55.0. The molecule has 0 spiro atoms. The van der Waals surface area contributed by atoms with Crippen LogP contribution in [0, 0.1) is 11.8 Å². The second kappa shape index (κ2) is 73.2. The molecule has 112 heavy (non-hydrogen) atoms. The van der Waals surface area contributed by atoms with Gasteiger partial charge in [0.05, 0.1) is 31.5 Å². The maximum absolute atomic E-state index is 13.2. The molecule has 2 atom stereocenters. The number of phenols is 2. The lowest BCUT2D eigenvalue weighted by molar-refractivity contribution is -0.147. The maximum Gasteiger partial charge on any atom is 0.344 e. The lowest BCUT2D eigenvalue weighted by Gasteiger charge is -2.17. The van der Waals surface area contributed by atoms with Gasteiger partial charge in [0.1, 0.15) is 28.7 Å². The number of methoxy groups -OCH3 is 1. The Morgan fingerprint density at radius 2 is 0.562 bits per heavy atom. The molecule has 0 amide bonds. The summed E-state index contributed by atoms with van der Waals surface area (Å²) in [6, 6.07) is 16.4. The molecule has 2 N–H and O–H groups in total. The zero-order valence-electron chi connectivity index (χ0n) is 73.6. The SMILES string of the molecule is CCCCCCCCCCCCCCCCCCC(C)CCCCCCCCCCCCCCCC.CCCCCCCCCCCCCCCCCCC(CCCCCCCCCCCCCCCC)COC(=O)COc1ccc(-c2nc(-c3ccc(OC)cc3)nc(-c3ccc(OCC(=O)OCC)cc3O)n2)c(O)c1. The molecule has 0 bridgehead atoms. The Balaban J connectivity index is 0.000000757. The van der Waals surface area contributed by atoms with E-state index in [0.717, 1.165) is 31.6 Å². The lowest BCUT2D eigenvalue weighted by atomic mass is 9.94. The molecule has 640 valence electrons. The van der Waals surface area contributed by atoms with Gasteiger partial charge in [-0.3, -0.25) is 0 Å². The first-order valence-corrected chi connectivity index (χ1v) is 47.7. The van der Waals surface area contributed by atoms with Crippen molar-refractivity contribution in [3.63, 3.8) is 0 Å². The molecule has 0 aliphatic carbocycles. The van der Waals surface area contributed by atoms with Gasteiger partial charge in [0.15, 0.2) is 30.7 Å². The molecular weight excluding hydrogens is 1390 g/mol. The van der Waals surface area contributed by atoms with Gasteiger partial charge in [-0.15, -0.1) is 0 Å². The number of esters is 2. The Bertz CT molecular complexity index is 2790. The van der Waals surface area contributed by atoms with Crippen molar-refractivity contribution in [1.82, 2.24) is 15.0 Å². The van der Waals surface area contributed by atoms with E-state index in [2.05, 4.69) is 44.6 Å². The smallest absolute Gasteiger partial charge is 0.344 e. The summed E-state index contributed by atoms with van der Waals surface area (Å²) in [4.78, 5) is 39.0. The Hall–Kier alpha value is -5.39. The summed E-state index contributed by atoms with van der Waals surface area (Å²) in [7, 11) is 1.58. The van der Waals surface area contributed by atoms with Crippen LogP contribution in [0.5, 0.6) is 28.7 Å². The minimum Gasteiger partial charge on any atom is -0.507 e. The average molecular weight is 1560 g/mol. The van der Waals surface area contributed by atoms with Gasteiger partial charge in [0, 0.05) is 17.7 Å². The molecule has 12 nitrogen and oxygen atoms in total. The largest absolute Gasteiger partial charge is 0.507 e. The number of nitrogens with zero attached hydrogens (tertiary/aromatic N) is 3. The van der Waals surface area contributed by atoms with E-state index < -0.39 is 11.9 Å². The molecule has 4 rings (SSSR count). The number of unbranched alkanes of at least 4 members (excludes halogenated alkanes) is 56. The molecule has 0 aliphatic rings. The van der Waals surface area contributed by atoms with E-state index in [1.807, 2.05) is 0 Å². The Morgan fingerprint density at radius 3 is 0.830 bits per heavy atom. The highest BCUT2D eigenvalue weighted by Crippen LogP contribution is 2.37. The molecule has 1 heterocycles. The standard InChI is InChI=1S/C64H97N3O9.C36H74/c1-5-8-10-12-14-16-18-20-22-23-25-27-29-31-33-35-37-51(36-34-32-30-28-26-24-21-19-17-15-13-11-9-6-2)48-76-61(71)50-75-55-43-45-57(59(69)47-55)64-66-62(52-38-40-53(72-4)41-39-52)65-63(67-64)56-44-42-54(46-58(56)68)74-49-60(70)73-7-3;1-4-6-8-10-12-14-16-18-20-21-23-25-27-29-31-33-35-36(3)34-32-30-28-26-24-22-19-17-15-13-11-9-7-5-2/h38-47,51,68-69H,5-37,48-50H2,1-4H3;36H,4-35H2,1-3H3. The predicted molar refractivity (Wildman–Crippen MR) is 475 cm³/mol. The first kappa shape index (κ1) is 101. The van der Waals surface area contributed by atoms with E-state index >= 15 is 0 Å². The second-order valence-electron chi connectivity index (χ2n) is 33.4. The van der Waals surface area contributed by atoms with Gasteiger partial charge in [0.2, 0.25) is 0 Å². The molecule has 0 aliphatic heterocycles. The van der Waals surface area contributed by atoms with Gasteiger partial charge >= 0.3 is 11.9 Å². The maximum atomic E-state index is 13.2. The van der Waals surface area contributed by atoms with Crippen molar-refractivity contribution in [2.45, 2.75) is 452 Å². The fourth-order valence-corrected chi connectivity index (χ4v) is 15.6. The minimum atomic E-state index is -0.529. The van der Waals surface area contributed by atoms with Crippen molar-refractivity contribution >= 4 is 11.9 Å². The van der Waals surface area contributed by atoms with Gasteiger partial charge in [-0.05, 0) is 80.1 Å². The topological polar surface area (TPSA) is 159 Å². The van der Waals surface area contributed by atoms with Crippen LogP contribution in [-0.4, -0.2) is 70.6 Å². The van der Waals surface area contributed by atoms with Gasteiger partial charge in [0.25, 0.3) is 0 Å². The van der Waals surface area contributed by atoms with Crippen molar-refractivity contribution in [2.24, 2.45) is 11.8 Å². The van der Waals surface area contributed by atoms with Crippen LogP contribution >= 0.6 is 0 Å². The summed E-state index contributed by atoms with van der Waals surface area (Å²) < 4.78 is 27.5. The van der Waals surface area contributed by atoms with Gasteiger partial charge in [-0.1, -0.05) is 433 Å². The Labute approximate surface area is 688 Å². The third-order valence-corrected chi connectivity index (χ3v) is 22.9. The van der Waals surface area contributed by atoms with Crippen LogP contribution < -0.4 is 14.2 Å². The van der Waals surface area contributed by atoms with E-state index in [4.69, 9.17) is 28.7 Å². The average Bonchev–Trinajstić information content (AvgIpc) is 0.787. The van der Waals surface area contributed by atoms with Crippen LogP contribution in [0.15, 0.2) is 60.7 Å². The summed E-state index contributed by atoms with van der Waals surface area (Å²) in [5, 5.41) is 22.5. The molecule has 0 saturated heterocycles. The zero-order valence-corrected chi connectivity index (χ0v) is 73.6. The van der Waals surface area contributed by atoms with Gasteiger partial charge < -0.3 is 33.9 Å². The monoisotopic (exact) mass is 1560 g/mol. The number of ether oxygens (including phenoxy) is 5. The van der Waals surface area contributed by atoms with Crippen LogP contribution in [0.3, 0.4) is 0 Å². The second-order valence-corrected chi connectivity index (χ2v) is 33.4. The van der Waals surface area contributed by atoms with Crippen LogP contribution in [0.4, 0.5) is 0 Å². The number of carbonyl (C=O) groups excluding carboxylic acids is 2. The third-order valence-electron chi connectivity index (χ3n) is 22.9. The Morgan fingerprint density at radius 1 is 0.312 bits per heavy atom. The number of rotatable bonds is 77. The van der Waals surface area contributed by atoms with E-state index in [9.17, 15) is 19.8 Å². The molecule has 4 aromatic rings. The van der Waals surface area contributed by atoms with Crippen molar-refractivity contribution in [3.05, 3.63) is 60.7 Å². The van der Waals surface area contributed by atoms with E-state index in [1.54, 1.807) is 62.6 Å². The molecule has 3 aromatic carbocycles. The van der Waals surface area contributed by atoms with Crippen LogP contribution in [0.2, 0.25) is 0 Å². The normalized spacial score (nSPS) is 11.9. The van der Waals surface area contributed by atoms with Crippen LogP contribution in [0.25, 0.3) is 34.2 Å². The van der Waals surface area contributed by atoms with Gasteiger partial charge in [-0.25, -0.2) is 24.5 Å². The fourth-order valence-electron chi connectivity index (χ4n) is 15.6. The number of phenolic OH excluding ortho intramolecular Hbond substituents is 2. The summed E-state index contributed by atoms with van der Waals surface area (Å²) >= 11 is 0. The van der Waals surface area contributed by atoms with E-state index in [1.165, 1.54) is 397 Å². The number of aromatic hydroxyl groups is 2. The molecule has 12 heteroatoms. The summed E-state index contributed by atoms with van der Waals surface area (Å²) in [5.41, 5.74) is 1.19. The molecule has 0 fully saturated rings. The quantitative estimate of drug-likeness (QED) is 0.0319. The highest BCUT2D eigenvalue weighted by atomic mass is 16.6. The molecule has 0 saturated carbocycles. The van der Waals surface area contributed by atoms with Crippen molar-refractivity contribution in [1.29, 1.82) is 0 Å². The Kier molecular flexibility index (Phi) is 65.9. The number of carbonyl (C=O) groups is 2. The first-order valence-electron chi connectivity index (χ1n) is 47.7. The number of benzene rings is 3. The number of hydrogen-bond acceptors (Lipinski definition) is 12. The fraction of sp³-hybridized carbons (Fsp3) is 0.770. The summed E-state index contributed by atoms with van der Waals surface area (Å²) in [6.07, 6.45) is 89.6. The van der Waals surface area contributed by atoms with Crippen LogP contribution in [-0.2, 0) is 19.1 Å². The zero-order chi connectivity index (χ0) is 80.5. The molecular formula is C100H171N3O9. The molecule has 2 unspecified atom stereocenters. The predicted octanol–water partition coefficient (Wildman–Crippen LogP) is 31.4. The van der Waals surface area contributed by atoms with E-state index in [0.29, 0.717) is 23.8 Å². The van der Waals surface area contributed by atoms with Gasteiger partial charge in [-0.2, -0.15) is 0 Å². The summed E-state index contributed by atoms with van der Waals surface area (Å²) in [6.45, 7) is 13.4. The number of aromatic nitrogens is 3. The lowest BCUT2D eigenvalue weighted by Crippen LogP contribution is -2.19. The van der Waals surface area contributed by atoms with Crippen molar-refractivity contribution < 1.29 is 43.5 Å². The van der Waals surface area contributed by atoms with Crippen LogP contribution in [0.1, 0.15) is 452 Å². The molecule has 1 aromatic heterocycles. The third kappa shape index (κ3) is 55.2. The van der Waals surface area contributed by atoms with Crippen molar-refractivity contribution in [3.8, 4) is 62.9 Å². The molecule has 0 radical (unpaired) electrons. The van der Waals surface area contributed by atoms with Crippen molar-refractivity contribution in [2.75, 3.05) is 33.5 Å². The van der Waals surface area contributed by atoms with E-state index in [-0.39, 0.29) is 71.4 Å². The highest BCUT2D eigenvalue weighted by molar-refractivity contribution is 5.74. The summed E-state index contributed by atoms with van der Waals surface area (Å²) in [5.74, 6) is 1.68. The number of hydrogen-bond donors (Lipinski definition) is 2.